The van der Waals surface area contributed by atoms with Crippen LogP contribution in [0.4, 0.5) is 5.82 Å². The number of aromatic nitrogens is 1. The highest BCUT2D eigenvalue weighted by atomic mass is 35.5. The summed E-state index contributed by atoms with van der Waals surface area (Å²) in [7, 11) is 0. The summed E-state index contributed by atoms with van der Waals surface area (Å²) in [6, 6.07) is 3.74. The van der Waals surface area contributed by atoms with Crippen molar-refractivity contribution in [1.82, 2.24) is 9.88 Å². The van der Waals surface area contributed by atoms with Crippen molar-refractivity contribution in [1.29, 1.82) is 0 Å². The topological polar surface area (TPSA) is 62.7 Å². The van der Waals surface area contributed by atoms with Crippen LogP contribution in [0, 0.1) is 11.8 Å². The first-order chi connectivity index (χ1) is 12.6. The van der Waals surface area contributed by atoms with Crippen molar-refractivity contribution in [2.45, 2.75) is 32.6 Å². The Hall–Kier alpha value is -1.82. The van der Waals surface area contributed by atoms with Crippen molar-refractivity contribution in [2.24, 2.45) is 11.8 Å². The standard InChI is InChI=1S/C19H26ClN3O3/c1-2-26-18(24)13-23(12-14-3-4-14)19(25)15-7-9-22(10-8-15)17-6-5-16(20)11-21-17/h5-6,11,14-15H,2-4,7-10,12-13H2,1H3. The molecule has 0 bridgehead atoms. The maximum atomic E-state index is 13.0. The summed E-state index contributed by atoms with van der Waals surface area (Å²) in [4.78, 5) is 33.1. The predicted octanol–water partition coefficient (Wildman–Crippen LogP) is 2.75. The number of pyridine rings is 1. The maximum absolute atomic E-state index is 13.0. The fraction of sp³-hybridized carbons (Fsp3) is 0.632. The van der Waals surface area contributed by atoms with E-state index in [1.807, 2.05) is 12.1 Å². The highest BCUT2D eigenvalue weighted by Crippen LogP contribution is 2.31. The summed E-state index contributed by atoms with van der Waals surface area (Å²) in [5, 5.41) is 0.619. The molecule has 0 unspecified atom stereocenters. The number of halogens is 1. The van der Waals surface area contributed by atoms with Gasteiger partial charge in [0.2, 0.25) is 5.91 Å². The minimum atomic E-state index is -0.315. The van der Waals surface area contributed by atoms with Gasteiger partial charge < -0.3 is 14.5 Å². The third-order valence-electron chi connectivity index (χ3n) is 4.99. The molecule has 1 amide bonds. The summed E-state index contributed by atoms with van der Waals surface area (Å²) < 4.78 is 5.04. The molecule has 0 spiro atoms. The Morgan fingerprint density at radius 2 is 2.00 bits per heavy atom. The number of anilines is 1. The lowest BCUT2D eigenvalue weighted by atomic mass is 9.95. The second-order valence-corrected chi connectivity index (χ2v) is 7.50. The van der Waals surface area contributed by atoms with Crippen LogP contribution >= 0.6 is 11.6 Å². The van der Waals surface area contributed by atoms with Crippen molar-refractivity contribution in [3.05, 3.63) is 23.4 Å². The Bertz CT molecular complexity index is 625. The first-order valence-corrected chi connectivity index (χ1v) is 9.75. The van der Waals surface area contributed by atoms with E-state index in [1.165, 1.54) is 0 Å². The number of ether oxygens (including phenoxy) is 1. The summed E-state index contributed by atoms with van der Waals surface area (Å²) in [6.45, 7) is 4.43. The van der Waals surface area contributed by atoms with Crippen LogP contribution < -0.4 is 4.90 Å². The molecule has 1 aromatic heterocycles. The number of piperidine rings is 1. The normalized spacial score (nSPS) is 17.8. The molecule has 0 aromatic carbocycles. The van der Waals surface area contributed by atoms with E-state index in [9.17, 15) is 9.59 Å². The number of hydrogen-bond acceptors (Lipinski definition) is 5. The van der Waals surface area contributed by atoms with E-state index in [1.54, 1.807) is 18.0 Å². The number of hydrogen-bond donors (Lipinski definition) is 0. The highest BCUT2D eigenvalue weighted by Gasteiger charge is 2.33. The lowest BCUT2D eigenvalue weighted by molar-refractivity contribution is -0.150. The van der Waals surface area contributed by atoms with E-state index in [-0.39, 0.29) is 24.3 Å². The Kier molecular flexibility index (Phi) is 6.35. The molecule has 3 rings (SSSR count). The van der Waals surface area contributed by atoms with Gasteiger partial charge in [-0.05, 0) is 50.7 Å². The van der Waals surface area contributed by atoms with Gasteiger partial charge >= 0.3 is 5.97 Å². The van der Waals surface area contributed by atoms with E-state index in [0.29, 0.717) is 24.1 Å². The number of amides is 1. The lowest BCUT2D eigenvalue weighted by Crippen LogP contribution is -2.45. The zero-order valence-corrected chi connectivity index (χ0v) is 16.0. The van der Waals surface area contributed by atoms with E-state index in [0.717, 1.165) is 44.6 Å². The number of carbonyl (C=O) groups excluding carboxylic acids is 2. The van der Waals surface area contributed by atoms with Gasteiger partial charge in [0.15, 0.2) is 0 Å². The lowest BCUT2D eigenvalue weighted by Gasteiger charge is -2.34. The highest BCUT2D eigenvalue weighted by molar-refractivity contribution is 6.30. The SMILES string of the molecule is CCOC(=O)CN(CC1CC1)C(=O)C1CCN(c2ccc(Cl)cn2)CC1. The summed E-state index contributed by atoms with van der Waals surface area (Å²) in [6.07, 6.45) is 5.48. The molecular formula is C19H26ClN3O3. The molecule has 26 heavy (non-hydrogen) atoms. The number of esters is 1. The predicted molar refractivity (Wildman–Crippen MR) is 100 cm³/mol. The first-order valence-electron chi connectivity index (χ1n) is 9.37. The van der Waals surface area contributed by atoms with Crippen LogP contribution in [0.25, 0.3) is 0 Å². The van der Waals surface area contributed by atoms with Gasteiger partial charge in [-0.1, -0.05) is 11.6 Å². The first kappa shape index (κ1) is 19.0. The van der Waals surface area contributed by atoms with Crippen molar-refractivity contribution in [3.8, 4) is 0 Å². The molecule has 0 atom stereocenters. The monoisotopic (exact) mass is 379 g/mol. The van der Waals surface area contributed by atoms with Crippen molar-refractivity contribution < 1.29 is 14.3 Å². The Morgan fingerprint density at radius 1 is 1.27 bits per heavy atom. The number of nitrogens with zero attached hydrogens (tertiary/aromatic N) is 3. The van der Waals surface area contributed by atoms with Gasteiger partial charge in [-0.25, -0.2) is 4.98 Å². The molecule has 1 aromatic rings. The third kappa shape index (κ3) is 5.10. The van der Waals surface area contributed by atoms with Gasteiger partial charge in [0.1, 0.15) is 12.4 Å². The molecule has 1 aliphatic heterocycles. The van der Waals surface area contributed by atoms with Crippen molar-refractivity contribution in [2.75, 3.05) is 37.7 Å². The van der Waals surface area contributed by atoms with Gasteiger partial charge in [-0.2, -0.15) is 0 Å². The van der Waals surface area contributed by atoms with Gasteiger partial charge in [0.05, 0.1) is 11.6 Å². The van der Waals surface area contributed by atoms with E-state index in [4.69, 9.17) is 16.3 Å². The molecule has 6 nitrogen and oxygen atoms in total. The van der Waals surface area contributed by atoms with E-state index >= 15 is 0 Å². The van der Waals surface area contributed by atoms with Crippen LogP contribution in [0.2, 0.25) is 5.02 Å². The average Bonchev–Trinajstić information content (AvgIpc) is 3.46. The maximum Gasteiger partial charge on any atom is 0.325 e. The van der Waals surface area contributed by atoms with Gasteiger partial charge in [-0.3, -0.25) is 9.59 Å². The van der Waals surface area contributed by atoms with Crippen LogP contribution in [0.3, 0.4) is 0 Å². The van der Waals surface area contributed by atoms with Crippen LogP contribution in [0.1, 0.15) is 32.6 Å². The zero-order valence-electron chi connectivity index (χ0n) is 15.2. The Balaban J connectivity index is 1.56. The molecule has 2 heterocycles. The van der Waals surface area contributed by atoms with Crippen LogP contribution in [-0.4, -0.2) is 54.5 Å². The molecule has 1 saturated carbocycles. The van der Waals surface area contributed by atoms with Crippen molar-refractivity contribution in [3.63, 3.8) is 0 Å². The largest absolute Gasteiger partial charge is 0.465 e. The molecule has 2 fully saturated rings. The molecular weight excluding hydrogens is 354 g/mol. The average molecular weight is 380 g/mol. The quantitative estimate of drug-likeness (QED) is 0.681. The fourth-order valence-corrected chi connectivity index (χ4v) is 3.49. The van der Waals surface area contributed by atoms with Crippen molar-refractivity contribution >= 4 is 29.3 Å². The summed E-state index contributed by atoms with van der Waals surface area (Å²) >= 11 is 5.89. The summed E-state index contributed by atoms with van der Waals surface area (Å²) in [5.74, 6) is 1.18. The minimum absolute atomic E-state index is 0.0354. The molecule has 142 valence electrons. The Labute approximate surface area is 159 Å². The second kappa shape index (κ2) is 8.71. The molecule has 0 radical (unpaired) electrons. The molecule has 7 heteroatoms. The number of rotatable bonds is 7. The van der Waals surface area contributed by atoms with E-state index in [2.05, 4.69) is 9.88 Å². The third-order valence-corrected chi connectivity index (χ3v) is 5.22. The molecule has 1 aliphatic carbocycles. The fourth-order valence-electron chi connectivity index (χ4n) is 3.38. The van der Waals surface area contributed by atoms with Crippen LogP contribution in [0.5, 0.6) is 0 Å². The smallest absolute Gasteiger partial charge is 0.325 e. The minimum Gasteiger partial charge on any atom is -0.465 e. The Morgan fingerprint density at radius 3 is 2.58 bits per heavy atom. The van der Waals surface area contributed by atoms with Gasteiger partial charge in [0, 0.05) is 31.7 Å². The van der Waals surface area contributed by atoms with Crippen LogP contribution in [-0.2, 0) is 14.3 Å². The molecule has 0 N–H and O–H groups in total. The second-order valence-electron chi connectivity index (χ2n) is 7.06. The van der Waals surface area contributed by atoms with Crippen LogP contribution in [0.15, 0.2) is 18.3 Å². The molecule has 1 saturated heterocycles. The van der Waals surface area contributed by atoms with Gasteiger partial charge in [0.25, 0.3) is 0 Å². The van der Waals surface area contributed by atoms with Gasteiger partial charge in [-0.15, -0.1) is 0 Å². The number of carbonyl (C=O) groups is 2. The zero-order chi connectivity index (χ0) is 18.5. The van der Waals surface area contributed by atoms with E-state index < -0.39 is 0 Å². The summed E-state index contributed by atoms with van der Waals surface area (Å²) in [5.41, 5.74) is 0. The molecule has 2 aliphatic rings.